The Morgan fingerprint density at radius 1 is 2.50 bits per heavy atom. The van der Waals surface area contributed by atoms with Crippen LogP contribution in [-0.2, 0) is 0 Å². The van der Waals surface area contributed by atoms with Crippen molar-refractivity contribution in [2.75, 3.05) is 0 Å². The molecule has 0 aromatic rings. The van der Waals surface area contributed by atoms with Gasteiger partial charge in [0.2, 0.25) is 0 Å². The van der Waals surface area contributed by atoms with Crippen LogP contribution in [0, 0.1) is 0 Å². The quantitative estimate of drug-likeness (QED) is 0.373. The number of rotatable bonds is 0. The molecule has 0 aliphatic carbocycles. The highest BCUT2D eigenvalue weighted by atomic mass is 14.5. The first kappa shape index (κ1) is 0.852. The van der Waals surface area contributed by atoms with E-state index in [1.807, 2.05) is 0 Å². The van der Waals surface area contributed by atoms with Gasteiger partial charge < -0.3 is 0 Å². The Kier molecular flexibility index (Phi) is 0.235. The van der Waals surface area contributed by atoms with Crippen molar-refractivity contribution >= 4 is 0 Å². The first-order chi connectivity index (χ1) is 2.94. The lowest BCUT2D eigenvalue weighted by Gasteiger charge is -1.65. The maximum absolute atomic E-state index is 6.62. The summed E-state index contributed by atoms with van der Waals surface area (Å²) in [6.07, 6.45) is 0. The molecule has 0 aliphatic heterocycles. The van der Waals surface area contributed by atoms with Gasteiger partial charge in [0.05, 0.1) is 0 Å². The summed E-state index contributed by atoms with van der Waals surface area (Å²) in [6, 6.07) is 0. The van der Waals surface area contributed by atoms with Crippen LogP contribution in [0.5, 0.6) is 0 Å². The summed E-state index contributed by atoms with van der Waals surface area (Å²) < 4.78 is 19.9. The molecule has 0 radical (unpaired) electrons. The second kappa shape index (κ2) is 1.10. The van der Waals surface area contributed by atoms with Crippen molar-refractivity contribution in [1.29, 1.82) is 0 Å². The minimum atomic E-state index is -1.94. The summed E-state index contributed by atoms with van der Waals surface area (Å²) >= 11 is 0. The van der Waals surface area contributed by atoms with Crippen molar-refractivity contribution in [3.05, 3.63) is 12.2 Å². The molecule has 0 saturated heterocycles. The van der Waals surface area contributed by atoms with E-state index in [-0.39, 0.29) is 5.57 Å². The lowest BCUT2D eigenvalue weighted by Crippen LogP contribution is -1.43. The highest BCUT2D eigenvalue weighted by Gasteiger charge is 1.51. The van der Waals surface area contributed by atoms with Crippen LogP contribution in [0.4, 0.5) is 0 Å². The number of hydrogen-bond donors (Lipinski definition) is 0. The molecular formula is C4H8. The molecular weight excluding hydrogens is 50.0 g/mol. The average molecular weight is 61.1 g/mol. The van der Waals surface area contributed by atoms with Gasteiger partial charge in [0.25, 0.3) is 0 Å². The van der Waals surface area contributed by atoms with Gasteiger partial charge >= 0.3 is 0 Å². The zero-order valence-corrected chi connectivity index (χ0v) is 2.71. The van der Waals surface area contributed by atoms with E-state index in [0.29, 0.717) is 0 Å². The van der Waals surface area contributed by atoms with Crippen LogP contribution < -0.4 is 0 Å². The Morgan fingerprint density at radius 2 is 2.75 bits per heavy atom. The Morgan fingerprint density at radius 3 is 2.75 bits per heavy atom. The summed E-state index contributed by atoms with van der Waals surface area (Å²) in [5.74, 6) is 0. The fourth-order valence-corrected chi connectivity index (χ4v) is 0. The van der Waals surface area contributed by atoms with Crippen molar-refractivity contribution in [3.63, 3.8) is 0 Å². The van der Waals surface area contributed by atoms with Crippen LogP contribution in [0.25, 0.3) is 0 Å². The first-order valence-electron chi connectivity index (χ1n) is 2.60. The molecule has 0 nitrogen and oxygen atoms in total. The van der Waals surface area contributed by atoms with E-state index in [0.717, 1.165) is 0 Å². The lowest BCUT2D eigenvalue weighted by atomic mass is 10.6. The first-order valence-corrected chi connectivity index (χ1v) is 1.10. The zero-order valence-electron chi connectivity index (χ0n) is 5.71. The van der Waals surface area contributed by atoms with Gasteiger partial charge in [0.15, 0.2) is 0 Å². The van der Waals surface area contributed by atoms with Crippen LogP contribution in [0.3, 0.4) is 0 Å². The summed E-state index contributed by atoms with van der Waals surface area (Å²) in [4.78, 5) is 0. The molecule has 0 rings (SSSR count). The normalized spacial score (nSPS) is 20.8. The SMILES string of the molecule is [2H]C([2H])([2H])C(=C)[14CH3]. The van der Waals surface area contributed by atoms with Gasteiger partial charge in [-0.3, -0.25) is 0 Å². The lowest BCUT2D eigenvalue weighted by molar-refractivity contribution is 1.42. The fraction of sp³-hybridized carbons (Fsp3) is 0.500. The monoisotopic (exact) mass is 61.1 g/mol. The van der Waals surface area contributed by atoms with Gasteiger partial charge in [-0.05, 0) is 13.8 Å². The minimum absolute atomic E-state index is 0.243. The van der Waals surface area contributed by atoms with Crippen LogP contribution in [-0.4, -0.2) is 0 Å². The smallest absolute Gasteiger partial charge is 0.0276 e. The van der Waals surface area contributed by atoms with Crippen molar-refractivity contribution in [1.82, 2.24) is 0 Å². The summed E-state index contributed by atoms with van der Waals surface area (Å²) in [5, 5.41) is 0. The van der Waals surface area contributed by atoms with E-state index in [1.54, 1.807) is 0 Å². The van der Waals surface area contributed by atoms with Crippen molar-refractivity contribution in [2.24, 2.45) is 0 Å². The number of allylic oxidation sites excluding steroid dienone is 1. The van der Waals surface area contributed by atoms with Gasteiger partial charge in [0.1, 0.15) is 0 Å². The van der Waals surface area contributed by atoms with Crippen LogP contribution >= 0.6 is 0 Å². The largest absolute Gasteiger partial charge is 0.100 e. The molecule has 0 aromatic heterocycles. The second-order valence-corrected chi connectivity index (χ2v) is 0.780. The van der Waals surface area contributed by atoms with E-state index in [2.05, 4.69) is 6.58 Å². The van der Waals surface area contributed by atoms with Gasteiger partial charge in [0, 0.05) is 4.11 Å². The second-order valence-electron chi connectivity index (χ2n) is 0.780. The highest BCUT2D eigenvalue weighted by molar-refractivity contribution is 4.78. The molecule has 0 fully saturated rings. The van der Waals surface area contributed by atoms with Gasteiger partial charge in [-0.2, -0.15) is 0 Å². The summed E-state index contributed by atoms with van der Waals surface area (Å²) in [6.45, 7) is 2.81. The van der Waals surface area contributed by atoms with E-state index in [1.165, 1.54) is 6.92 Å². The predicted octanol–water partition coefficient (Wildman–Crippen LogP) is 1.58. The molecule has 0 heteroatoms. The van der Waals surface area contributed by atoms with E-state index >= 15 is 0 Å². The molecule has 0 bridgehead atoms. The van der Waals surface area contributed by atoms with Crippen LogP contribution in [0.2, 0.25) is 0 Å². The third-order valence-corrected chi connectivity index (χ3v) is 0. The van der Waals surface area contributed by atoms with E-state index < -0.39 is 6.85 Å². The highest BCUT2D eigenvalue weighted by Crippen LogP contribution is 1.73. The zero-order chi connectivity index (χ0) is 6.08. The Bertz CT molecular complexity index is 79.4. The van der Waals surface area contributed by atoms with Gasteiger partial charge in [-0.25, -0.2) is 0 Å². The standard InChI is InChI=1S/C4H8/c1-4(2)3/h1H2,2-3H3/i2D3,3+2. The molecule has 0 N–H and O–H groups in total. The van der Waals surface area contributed by atoms with Gasteiger partial charge in [-0.15, -0.1) is 6.58 Å². The van der Waals surface area contributed by atoms with E-state index in [9.17, 15) is 0 Å². The predicted molar refractivity (Wildman–Crippen MR) is 20.5 cm³/mol. The molecule has 0 atom stereocenters. The van der Waals surface area contributed by atoms with Crippen LogP contribution in [0.1, 0.15) is 17.9 Å². The topological polar surface area (TPSA) is 0 Å². The number of hydrogen-bond acceptors (Lipinski definition) is 0. The fourth-order valence-electron chi connectivity index (χ4n) is 0. The molecule has 0 aromatic carbocycles. The Labute approximate surface area is 31.4 Å². The molecule has 4 heavy (non-hydrogen) atoms. The minimum Gasteiger partial charge on any atom is -0.100 e. The molecule has 0 aliphatic rings. The molecule has 24 valence electrons. The average Bonchev–Trinajstić information content (AvgIpc) is 1.31. The third-order valence-electron chi connectivity index (χ3n) is 0. The Hall–Kier alpha value is -0.260. The third kappa shape index (κ3) is 14.1. The maximum Gasteiger partial charge on any atom is 0.0276 e. The molecule has 0 amide bonds. The van der Waals surface area contributed by atoms with Crippen molar-refractivity contribution in [2.45, 2.75) is 13.8 Å². The van der Waals surface area contributed by atoms with E-state index in [4.69, 9.17) is 4.11 Å². The summed E-state index contributed by atoms with van der Waals surface area (Å²) in [7, 11) is 0. The maximum atomic E-state index is 6.62. The molecule has 0 heterocycles. The molecule has 0 unspecified atom stereocenters. The molecule has 0 saturated carbocycles. The van der Waals surface area contributed by atoms with Crippen molar-refractivity contribution < 1.29 is 4.11 Å². The Balaban J connectivity index is 3.79. The van der Waals surface area contributed by atoms with Crippen molar-refractivity contribution in [3.8, 4) is 0 Å². The van der Waals surface area contributed by atoms with Gasteiger partial charge in [-0.1, -0.05) is 5.57 Å². The summed E-state index contributed by atoms with van der Waals surface area (Å²) in [5.41, 5.74) is 0.243. The van der Waals surface area contributed by atoms with Crippen LogP contribution in [0.15, 0.2) is 12.2 Å². The molecule has 0 spiro atoms.